The Labute approximate surface area is 62.4 Å². The maximum atomic E-state index is 9.85. The first-order valence-corrected chi connectivity index (χ1v) is 3.51. The minimum atomic E-state index is 0.632. The van der Waals surface area contributed by atoms with Crippen LogP contribution in [-0.2, 0) is 4.79 Å². The van der Waals surface area contributed by atoms with Crippen LogP contribution in [0.5, 0.6) is 0 Å². The minimum Gasteiger partial charge on any atom is -0.303 e. The van der Waals surface area contributed by atoms with Gasteiger partial charge in [-0.1, -0.05) is 23.8 Å². The van der Waals surface area contributed by atoms with E-state index < -0.39 is 0 Å². The number of hydrogen-bond donors (Lipinski definition) is 0. The zero-order valence-corrected chi connectivity index (χ0v) is 6.63. The predicted molar refractivity (Wildman–Crippen MR) is 43.9 cm³/mol. The van der Waals surface area contributed by atoms with Gasteiger partial charge in [0, 0.05) is 6.42 Å². The monoisotopic (exact) mass is 138 g/mol. The molecule has 0 unspecified atom stereocenters. The molecular weight excluding hydrogens is 124 g/mol. The minimum absolute atomic E-state index is 0.632. The van der Waals surface area contributed by atoms with Crippen LogP contribution in [0.3, 0.4) is 0 Å². The number of carbonyl (C=O) groups excluding carboxylic acids is 1. The van der Waals surface area contributed by atoms with Crippen molar-refractivity contribution in [2.75, 3.05) is 0 Å². The maximum Gasteiger partial charge on any atom is 0.120 e. The van der Waals surface area contributed by atoms with Crippen molar-refractivity contribution >= 4 is 6.29 Å². The van der Waals surface area contributed by atoms with Crippen LogP contribution in [0.4, 0.5) is 0 Å². The standard InChI is InChI=1S/C9H14O/c1-9(2)7-5-3-4-6-8-10/h3,5,7-8H,4,6H2,1-2H3/b5-3+. The topological polar surface area (TPSA) is 17.1 Å². The molecule has 10 heavy (non-hydrogen) atoms. The van der Waals surface area contributed by atoms with Crippen LogP contribution in [0.15, 0.2) is 23.8 Å². The summed E-state index contributed by atoms with van der Waals surface area (Å²) in [5, 5.41) is 0. The van der Waals surface area contributed by atoms with Crippen molar-refractivity contribution in [2.45, 2.75) is 26.7 Å². The van der Waals surface area contributed by atoms with E-state index in [1.54, 1.807) is 0 Å². The third kappa shape index (κ3) is 7.15. The van der Waals surface area contributed by atoms with Crippen molar-refractivity contribution < 1.29 is 4.79 Å². The van der Waals surface area contributed by atoms with E-state index in [0.717, 1.165) is 12.7 Å². The van der Waals surface area contributed by atoms with E-state index in [2.05, 4.69) is 0 Å². The first-order valence-electron chi connectivity index (χ1n) is 3.51. The summed E-state index contributed by atoms with van der Waals surface area (Å²) in [4.78, 5) is 9.85. The molecule has 1 nitrogen and oxygen atoms in total. The van der Waals surface area contributed by atoms with Gasteiger partial charge in [0.15, 0.2) is 0 Å². The molecule has 0 N–H and O–H groups in total. The molecule has 0 radical (unpaired) electrons. The van der Waals surface area contributed by atoms with Crippen LogP contribution < -0.4 is 0 Å². The lowest BCUT2D eigenvalue weighted by Crippen LogP contribution is -1.69. The Hall–Kier alpha value is -0.850. The van der Waals surface area contributed by atoms with Gasteiger partial charge >= 0.3 is 0 Å². The van der Waals surface area contributed by atoms with Gasteiger partial charge < -0.3 is 4.79 Å². The molecule has 0 saturated heterocycles. The smallest absolute Gasteiger partial charge is 0.120 e. The number of unbranched alkanes of at least 4 members (excludes halogenated alkanes) is 1. The van der Waals surface area contributed by atoms with E-state index in [9.17, 15) is 4.79 Å². The van der Waals surface area contributed by atoms with Crippen molar-refractivity contribution in [1.82, 2.24) is 0 Å². The third-order valence-corrected chi connectivity index (χ3v) is 1.02. The first kappa shape index (κ1) is 9.15. The molecule has 0 heterocycles. The molecule has 1 heteroatoms. The summed E-state index contributed by atoms with van der Waals surface area (Å²) in [5.74, 6) is 0. The number of hydrogen-bond acceptors (Lipinski definition) is 1. The maximum absolute atomic E-state index is 9.85. The Balaban J connectivity index is 3.37. The summed E-state index contributed by atoms with van der Waals surface area (Å²) in [5.41, 5.74) is 1.28. The van der Waals surface area contributed by atoms with Gasteiger partial charge in [-0.3, -0.25) is 0 Å². The van der Waals surface area contributed by atoms with E-state index in [4.69, 9.17) is 0 Å². The number of rotatable bonds is 4. The number of allylic oxidation sites excluding steroid dienone is 4. The molecular formula is C9H14O. The highest BCUT2D eigenvalue weighted by molar-refractivity contribution is 5.49. The van der Waals surface area contributed by atoms with Gasteiger partial charge in [0.2, 0.25) is 0 Å². The van der Waals surface area contributed by atoms with E-state index in [-0.39, 0.29) is 0 Å². The average Bonchev–Trinajstić information content (AvgIpc) is 1.87. The fourth-order valence-electron chi connectivity index (χ4n) is 0.521. The fraction of sp³-hybridized carbons (Fsp3) is 0.444. The molecule has 0 rings (SSSR count). The van der Waals surface area contributed by atoms with Gasteiger partial charge in [0.25, 0.3) is 0 Å². The van der Waals surface area contributed by atoms with Crippen LogP contribution in [0.2, 0.25) is 0 Å². The normalized spacial score (nSPS) is 9.80. The fourth-order valence-corrected chi connectivity index (χ4v) is 0.521. The third-order valence-electron chi connectivity index (χ3n) is 1.02. The molecule has 56 valence electrons. The summed E-state index contributed by atoms with van der Waals surface area (Å²) in [7, 11) is 0. The molecule has 0 aliphatic rings. The SMILES string of the molecule is CC(C)=C/C=C/CCC=O. The van der Waals surface area contributed by atoms with E-state index in [0.29, 0.717) is 6.42 Å². The Morgan fingerprint density at radius 3 is 2.50 bits per heavy atom. The van der Waals surface area contributed by atoms with Crippen LogP contribution >= 0.6 is 0 Å². The molecule has 0 fully saturated rings. The summed E-state index contributed by atoms with van der Waals surface area (Å²) >= 11 is 0. The highest BCUT2D eigenvalue weighted by Gasteiger charge is 1.75. The molecule has 0 atom stereocenters. The highest BCUT2D eigenvalue weighted by Crippen LogP contribution is 1.91. The Morgan fingerprint density at radius 2 is 2.00 bits per heavy atom. The second-order valence-electron chi connectivity index (χ2n) is 2.42. The summed E-state index contributed by atoms with van der Waals surface area (Å²) in [6.45, 7) is 4.09. The summed E-state index contributed by atoms with van der Waals surface area (Å²) in [6, 6.07) is 0. The van der Waals surface area contributed by atoms with Crippen molar-refractivity contribution in [3.05, 3.63) is 23.8 Å². The molecule has 0 aromatic rings. The predicted octanol–water partition coefficient (Wildman–Crippen LogP) is 2.49. The molecule has 0 aromatic carbocycles. The van der Waals surface area contributed by atoms with Crippen LogP contribution in [0.25, 0.3) is 0 Å². The molecule has 0 aromatic heterocycles. The molecule has 0 amide bonds. The van der Waals surface area contributed by atoms with E-state index >= 15 is 0 Å². The lowest BCUT2D eigenvalue weighted by Gasteiger charge is -1.82. The van der Waals surface area contributed by atoms with Gasteiger partial charge in [0.05, 0.1) is 0 Å². The van der Waals surface area contributed by atoms with Crippen LogP contribution in [-0.4, -0.2) is 6.29 Å². The lowest BCUT2D eigenvalue weighted by molar-refractivity contribution is -0.107. The van der Waals surface area contributed by atoms with Crippen LogP contribution in [0.1, 0.15) is 26.7 Å². The van der Waals surface area contributed by atoms with Crippen molar-refractivity contribution in [2.24, 2.45) is 0 Å². The van der Waals surface area contributed by atoms with Gasteiger partial charge in [-0.05, 0) is 20.3 Å². The second kappa shape index (κ2) is 6.27. The Kier molecular flexibility index (Phi) is 5.74. The summed E-state index contributed by atoms with van der Waals surface area (Å²) < 4.78 is 0. The second-order valence-corrected chi connectivity index (χ2v) is 2.42. The first-order chi connectivity index (χ1) is 4.77. The van der Waals surface area contributed by atoms with Crippen molar-refractivity contribution in [3.8, 4) is 0 Å². The Bertz CT molecular complexity index is 139. The van der Waals surface area contributed by atoms with Crippen molar-refractivity contribution in [3.63, 3.8) is 0 Å². The summed E-state index contributed by atoms with van der Waals surface area (Å²) in [6.07, 6.45) is 8.44. The number of aldehydes is 1. The zero-order valence-electron chi connectivity index (χ0n) is 6.63. The zero-order chi connectivity index (χ0) is 7.82. The Morgan fingerprint density at radius 1 is 1.30 bits per heavy atom. The molecule has 0 aliphatic carbocycles. The lowest BCUT2D eigenvalue weighted by atomic mass is 10.2. The van der Waals surface area contributed by atoms with Crippen LogP contribution in [0, 0.1) is 0 Å². The quantitative estimate of drug-likeness (QED) is 0.331. The molecule has 0 saturated carbocycles. The van der Waals surface area contributed by atoms with E-state index in [1.165, 1.54) is 5.57 Å². The van der Waals surface area contributed by atoms with Gasteiger partial charge in [0.1, 0.15) is 6.29 Å². The van der Waals surface area contributed by atoms with Gasteiger partial charge in [-0.15, -0.1) is 0 Å². The molecule has 0 aliphatic heterocycles. The highest BCUT2D eigenvalue weighted by atomic mass is 16.1. The molecule has 0 bridgehead atoms. The number of carbonyl (C=O) groups is 1. The molecule has 0 spiro atoms. The average molecular weight is 138 g/mol. The van der Waals surface area contributed by atoms with Crippen molar-refractivity contribution in [1.29, 1.82) is 0 Å². The largest absolute Gasteiger partial charge is 0.303 e. The van der Waals surface area contributed by atoms with Gasteiger partial charge in [-0.25, -0.2) is 0 Å². The van der Waals surface area contributed by atoms with E-state index in [1.807, 2.05) is 32.1 Å². The van der Waals surface area contributed by atoms with Gasteiger partial charge in [-0.2, -0.15) is 0 Å².